The molecule has 0 bridgehead atoms. The molecule has 0 spiro atoms. The normalized spacial score (nSPS) is 13.7. The van der Waals surface area contributed by atoms with Gasteiger partial charge in [0.1, 0.15) is 0 Å². The molecule has 2 unspecified atom stereocenters. The average molecular weight is 260 g/mol. The first kappa shape index (κ1) is 16.7. The minimum Gasteiger partial charge on any atom is -0.481 e. The van der Waals surface area contributed by atoms with Gasteiger partial charge in [-0.25, -0.2) is 4.79 Å². The van der Waals surface area contributed by atoms with Crippen LogP contribution in [0.3, 0.4) is 0 Å². The molecular weight excluding hydrogens is 236 g/mol. The van der Waals surface area contributed by atoms with Crippen molar-refractivity contribution in [1.29, 1.82) is 0 Å². The van der Waals surface area contributed by atoms with Crippen molar-refractivity contribution in [1.82, 2.24) is 10.6 Å². The van der Waals surface area contributed by atoms with Crippen LogP contribution in [0.1, 0.15) is 33.6 Å². The van der Waals surface area contributed by atoms with Crippen molar-refractivity contribution in [3.05, 3.63) is 0 Å². The number of rotatable bonds is 9. The lowest BCUT2D eigenvalue weighted by Gasteiger charge is -2.15. The fraction of sp³-hybridized carbons (Fsp3) is 0.833. The van der Waals surface area contributed by atoms with Crippen LogP contribution in [0.2, 0.25) is 0 Å². The Kier molecular flexibility index (Phi) is 9.00. The van der Waals surface area contributed by atoms with Crippen LogP contribution in [-0.2, 0) is 9.53 Å². The zero-order valence-corrected chi connectivity index (χ0v) is 11.4. The molecule has 3 N–H and O–H groups in total. The number of nitrogens with one attached hydrogen (secondary N) is 2. The van der Waals surface area contributed by atoms with Crippen molar-refractivity contribution in [2.24, 2.45) is 5.92 Å². The van der Waals surface area contributed by atoms with Crippen LogP contribution in [-0.4, -0.2) is 42.9 Å². The van der Waals surface area contributed by atoms with E-state index in [-0.39, 0.29) is 24.5 Å². The number of hydrogen-bond acceptors (Lipinski definition) is 3. The summed E-state index contributed by atoms with van der Waals surface area (Å²) in [5.74, 6) is -0.659. The number of amides is 2. The second kappa shape index (κ2) is 9.70. The highest BCUT2D eigenvalue weighted by atomic mass is 16.5. The van der Waals surface area contributed by atoms with Crippen molar-refractivity contribution in [2.75, 3.05) is 19.7 Å². The largest absolute Gasteiger partial charge is 0.481 e. The van der Waals surface area contributed by atoms with E-state index in [1.165, 1.54) is 0 Å². The molecule has 0 fully saturated rings. The van der Waals surface area contributed by atoms with Crippen LogP contribution in [0.15, 0.2) is 0 Å². The Balaban J connectivity index is 3.60. The third-order valence-electron chi connectivity index (χ3n) is 2.46. The van der Waals surface area contributed by atoms with Gasteiger partial charge < -0.3 is 20.5 Å². The van der Waals surface area contributed by atoms with Gasteiger partial charge >= 0.3 is 12.0 Å². The number of aliphatic carboxylic acids is 1. The summed E-state index contributed by atoms with van der Waals surface area (Å²) in [6.07, 6.45) is 0.682. The maximum absolute atomic E-state index is 11.4. The topological polar surface area (TPSA) is 87.7 Å². The van der Waals surface area contributed by atoms with Gasteiger partial charge in [0, 0.05) is 26.1 Å². The molecular formula is C12H24N2O4. The van der Waals surface area contributed by atoms with Gasteiger partial charge in [0.05, 0.1) is 6.10 Å². The first-order valence-electron chi connectivity index (χ1n) is 6.30. The smallest absolute Gasteiger partial charge is 0.314 e. The summed E-state index contributed by atoms with van der Waals surface area (Å²) in [7, 11) is 0. The molecule has 0 aliphatic heterocycles. The Morgan fingerprint density at radius 3 is 2.39 bits per heavy atom. The first-order valence-corrected chi connectivity index (χ1v) is 6.30. The van der Waals surface area contributed by atoms with Crippen LogP contribution < -0.4 is 10.6 Å². The molecule has 2 atom stereocenters. The molecule has 0 saturated heterocycles. The number of carbonyl (C=O) groups is 2. The Labute approximate surface area is 108 Å². The molecule has 106 valence electrons. The van der Waals surface area contributed by atoms with Crippen molar-refractivity contribution < 1.29 is 19.4 Å². The van der Waals surface area contributed by atoms with E-state index in [9.17, 15) is 9.59 Å². The summed E-state index contributed by atoms with van der Waals surface area (Å²) in [6, 6.07) is -0.247. The number of urea groups is 1. The molecule has 0 aromatic heterocycles. The first-order chi connectivity index (χ1) is 8.45. The van der Waals surface area contributed by atoms with E-state index in [4.69, 9.17) is 9.84 Å². The van der Waals surface area contributed by atoms with E-state index in [0.717, 1.165) is 0 Å². The Morgan fingerprint density at radius 1 is 1.22 bits per heavy atom. The van der Waals surface area contributed by atoms with Crippen molar-refractivity contribution in [3.63, 3.8) is 0 Å². The van der Waals surface area contributed by atoms with Crippen LogP contribution >= 0.6 is 0 Å². The van der Waals surface area contributed by atoms with Gasteiger partial charge in [0.2, 0.25) is 0 Å². The summed E-state index contributed by atoms with van der Waals surface area (Å²) in [5, 5.41) is 13.9. The highest BCUT2D eigenvalue weighted by Gasteiger charge is 2.08. The molecule has 0 aromatic carbocycles. The fourth-order valence-corrected chi connectivity index (χ4v) is 1.38. The van der Waals surface area contributed by atoms with Crippen molar-refractivity contribution in [2.45, 2.75) is 39.7 Å². The minimum absolute atomic E-state index is 0.00909. The number of carbonyl (C=O) groups excluding carboxylic acids is 1. The second-order valence-electron chi connectivity index (χ2n) is 4.39. The summed E-state index contributed by atoms with van der Waals surface area (Å²) >= 11 is 0. The van der Waals surface area contributed by atoms with Gasteiger partial charge in [-0.05, 0) is 26.2 Å². The molecule has 18 heavy (non-hydrogen) atoms. The van der Waals surface area contributed by atoms with Gasteiger partial charge in [0.25, 0.3) is 0 Å². The van der Waals surface area contributed by atoms with E-state index in [0.29, 0.717) is 26.1 Å². The van der Waals surface area contributed by atoms with Gasteiger partial charge in [-0.1, -0.05) is 6.92 Å². The summed E-state index contributed by atoms with van der Waals surface area (Å²) in [4.78, 5) is 21.8. The van der Waals surface area contributed by atoms with Gasteiger partial charge in [-0.2, -0.15) is 0 Å². The van der Waals surface area contributed by atoms with Gasteiger partial charge in [-0.3, -0.25) is 4.79 Å². The molecule has 0 heterocycles. The molecule has 0 aromatic rings. The van der Waals surface area contributed by atoms with Gasteiger partial charge in [0.15, 0.2) is 0 Å². The van der Waals surface area contributed by atoms with E-state index < -0.39 is 5.97 Å². The molecule has 0 aliphatic carbocycles. The molecule has 0 saturated carbocycles. The Bertz CT molecular complexity index is 258. The lowest BCUT2D eigenvalue weighted by Crippen LogP contribution is -2.41. The van der Waals surface area contributed by atoms with Gasteiger partial charge in [-0.15, -0.1) is 0 Å². The number of carboxylic acid groups (broad SMARTS) is 1. The molecule has 0 radical (unpaired) electrons. The maximum Gasteiger partial charge on any atom is 0.314 e. The zero-order chi connectivity index (χ0) is 14.0. The highest BCUT2D eigenvalue weighted by molar-refractivity contribution is 5.73. The van der Waals surface area contributed by atoms with Crippen LogP contribution in [0, 0.1) is 5.92 Å². The molecule has 6 heteroatoms. The number of carboxylic acids is 1. The third kappa shape index (κ3) is 9.89. The third-order valence-corrected chi connectivity index (χ3v) is 2.46. The minimum atomic E-state index is -0.808. The monoisotopic (exact) mass is 260 g/mol. The summed E-state index contributed by atoms with van der Waals surface area (Å²) < 4.78 is 5.27. The summed E-state index contributed by atoms with van der Waals surface area (Å²) in [6.45, 7) is 7.26. The van der Waals surface area contributed by atoms with E-state index in [1.54, 1.807) is 0 Å². The number of ether oxygens (including phenoxy) is 1. The van der Waals surface area contributed by atoms with E-state index in [1.807, 2.05) is 20.8 Å². The maximum atomic E-state index is 11.4. The lowest BCUT2D eigenvalue weighted by molar-refractivity contribution is -0.137. The standard InChI is InChI=1S/C12H24N2O4/c1-4-18-10(3)8-14-12(17)13-7-9(2)5-6-11(15)16/h9-10H,4-8H2,1-3H3,(H,15,16)(H2,13,14,17). The van der Waals surface area contributed by atoms with Crippen LogP contribution in [0.5, 0.6) is 0 Å². The van der Waals surface area contributed by atoms with Crippen molar-refractivity contribution in [3.8, 4) is 0 Å². The molecule has 6 nitrogen and oxygen atoms in total. The highest BCUT2D eigenvalue weighted by Crippen LogP contribution is 2.03. The zero-order valence-electron chi connectivity index (χ0n) is 11.4. The predicted molar refractivity (Wildman–Crippen MR) is 68.5 cm³/mol. The van der Waals surface area contributed by atoms with Crippen LogP contribution in [0.25, 0.3) is 0 Å². The molecule has 0 aliphatic rings. The number of hydrogen-bond donors (Lipinski definition) is 3. The lowest BCUT2D eigenvalue weighted by atomic mass is 10.1. The van der Waals surface area contributed by atoms with E-state index in [2.05, 4.69) is 10.6 Å². The predicted octanol–water partition coefficient (Wildman–Crippen LogP) is 1.21. The molecule has 0 rings (SSSR count). The fourth-order valence-electron chi connectivity index (χ4n) is 1.38. The summed E-state index contributed by atoms with van der Waals surface area (Å²) in [5.41, 5.74) is 0. The van der Waals surface area contributed by atoms with Crippen LogP contribution in [0.4, 0.5) is 4.79 Å². The molecule has 2 amide bonds. The quantitative estimate of drug-likeness (QED) is 0.581. The Hall–Kier alpha value is -1.30. The van der Waals surface area contributed by atoms with E-state index >= 15 is 0 Å². The average Bonchev–Trinajstić information content (AvgIpc) is 2.31. The SMILES string of the molecule is CCOC(C)CNC(=O)NCC(C)CCC(=O)O. The van der Waals surface area contributed by atoms with Crippen molar-refractivity contribution >= 4 is 12.0 Å². The Morgan fingerprint density at radius 2 is 1.83 bits per heavy atom. The second-order valence-corrected chi connectivity index (χ2v) is 4.39.